The van der Waals surface area contributed by atoms with Crippen molar-refractivity contribution in [1.82, 2.24) is 4.98 Å². The maximum absolute atomic E-state index is 14.4. The zero-order valence-electron chi connectivity index (χ0n) is 18.6. The lowest BCUT2D eigenvalue weighted by molar-refractivity contribution is 0.290. The minimum Gasteiger partial charge on any atom is -0.491 e. The van der Waals surface area contributed by atoms with E-state index in [1.165, 1.54) is 31.7 Å². The third-order valence-corrected chi connectivity index (χ3v) is 5.42. The Morgan fingerprint density at radius 1 is 0.900 bits per heavy atom. The predicted molar refractivity (Wildman–Crippen MR) is 121 cm³/mol. The van der Waals surface area contributed by atoms with E-state index in [1.54, 1.807) is 12.3 Å². The number of rotatable bonds is 15. The topological polar surface area (TPSA) is 22.1 Å². The zero-order valence-corrected chi connectivity index (χ0v) is 18.6. The number of hydrogen-bond donors (Lipinski definition) is 0. The fourth-order valence-electron chi connectivity index (χ4n) is 3.48. The normalized spacial score (nSPS) is 12.1. The van der Waals surface area contributed by atoms with Gasteiger partial charge in [-0.3, -0.25) is 4.98 Å². The van der Waals surface area contributed by atoms with Crippen LogP contribution in [0.2, 0.25) is 0 Å². The van der Waals surface area contributed by atoms with Crippen molar-refractivity contribution in [2.45, 2.75) is 90.6 Å². The molecule has 0 spiro atoms. The smallest absolute Gasteiger partial charge is 0.165 e. The van der Waals surface area contributed by atoms with E-state index < -0.39 is 6.17 Å². The molecule has 2 rings (SSSR count). The molecule has 0 N–H and O–H groups in total. The van der Waals surface area contributed by atoms with E-state index >= 15 is 0 Å². The number of hydrogen-bond acceptors (Lipinski definition) is 2. The van der Waals surface area contributed by atoms with E-state index in [-0.39, 0.29) is 5.82 Å². The second-order valence-electron chi connectivity index (χ2n) is 8.09. The molecule has 0 fully saturated rings. The second-order valence-corrected chi connectivity index (χ2v) is 8.09. The number of aromatic nitrogens is 1. The molecule has 1 aromatic carbocycles. The van der Waals surface area contributed by atoms with Gasteiger partial charge in [0.2, 0.25) is 0 Å². The van der Waals surface area contributed by atoms with Crippen LogP contribution in [0.5, 0.6) is 5.75 Å². The van der Waals surface area contributed by atoms with Crippen LogP contribution in [0.1, 0.15) is 83.6 Å². The van der Waals surface area contributed by atoms with Crippen LogP contribution in [0.4, 0.5) is 8.78 Å². The summed E-state index contributed by atoms with van der Waals surface area (Å²) in [7, 11) is 0. The molecule has 30 heavy (non-hydrogen) atoms. The molecule has 1 unspecified atom stereocenters. The van der Waals surface area contributed by atoms with Crippen LogP contribution in [0, 0.1) is 5.82 Å². The summed E-state index contributed by atoms with van der Waals surface area (Å²) in [4.78, 5) is 4.44. The van der Waals surface area contributed by atoms with Crippen LogP contribution < -0.4 is 4.74 Å². The first-order valence-electron chi connectivity index (χ1n) is 11.7. The summed E-state index contributed by atoms with van der Waals surface area (Å²) in [5, 5.41) is 0. The summed E-state index contributed by atoms with van der Waals surface area (Å²) >= 11 is 0. The Bertz CT molecular complexity index is 717. The number of nitrogens with zero attached hydrogens (tertiary/aromatic N) is 1. The quantitative estimate of drug-likeness (QED) is 0.273. The van der Waals surface area contributed by atoms with Gasteiger partial charge in [-0.05, 0) is 55.5 Å². The Balaban J connectivity index is 1.81. The van der Waals surface area contributed by atoms with Gasteiger partial charge in [0.1, 0.15) is 6.17 Å². The molecule has 4 heteroatoms. The van der Waals surface area contributed by atoms with Crippen LogP contribution in [0.15, 0.2) is 36.5 Å². The molecule has 0 aliphatic heterocycles. The van der Waals surface area contributed by atoms with Gasteiger partial charge in [0.25, 0.3) is 0 Å². The van der Waals surface area contributed by atoms with Gasteiger partial charge in [0.15, 0.2) is 11.6 Å². The third kappa shape index (κ3) is 8.81. The second kappa shape index (κ2) is 14.1. The molecule has 0 aliphatic rings. The molecule has 166 valence electrons. The first kappa shape index (κ1) is 24.3. The van der Waals surface area contributed by atoms with Gasteiger partial charge in [0.05, 0.1) is 12.3 Å². The summed E-state index contributed by atoms with van der Waals surface area (Å²) in [6.07, 6.45) is 11.9. The van der Waals surface area contributed by atoms with Crippen molar-refractivity contribution in [3.05, 3.63) is 47.9 Å². The first-order chi connectivity index (χ1) is 14.6. The van der Waals surface area contributed by atoms with Crippen LogP contribution in [0.25, 0.3) is 11.3 Å². The summed E-state index contributed by atoms with van der Waals surface area (Å²) in [6, 6.07) is 8.82. The first-order valence-corrected chi connectivity index (χ1v) is 11.7. The van der Waals surface area contributed by atoms with Crippen molar-refractivity contribution >= 4 is 0 Å². The molecule has 0 saturated heterocycles. The minimum absolute atomic E-state index is 0.296. The number of halogens is 2. The molecular formula is C26H37F2NO. The van der Waals surface area contributed by atoms with Crippen LogP contribution >= 0.6 is 0 Å². The average Bonchev–Trinajstić information content (AvgIpc) is 2.77. The molecule has 2 aromatic rings. The molecule has 2 nitrogen and oxygen atoms in total. The highest BCUT2D eigenvalue weighted by Crippen LogP contribution is 2.25. The van der Waals surface area contributed by atoms with Gasteiger partial charge >= 0.3 is 0 Å². The lowest BCUT2D eigenvalue weighted by Crippen LogP contribution is -2.02. The van der Waals surface area contributed by atoms with Crippen LogP contribution in [-0.4, -0.2) is 17.8 Å². The number of unbranched alkanes of at least 4 members (excludes halogenated alkanes) is 6. The van der Waals surface area contributed by atoms with E-state index in [1.807, 2.05) is 18.2 Å². The molecular weight excluding hydrogens is 380 g/mol. The Morgan fingerprint density at radius 3 is 2.37 bits per heavy atom. The van der Waals surface area contributed by atoms with Gasteiger partial charge in [-0.2, -0.15) is 0 Å². The van der Waals surface area contributed by atoms with Gasteiger partial charge in [-0.25, -0.2) is 8.78 Å². The maximum atomic E-state index is 14.4. The average molecular weight is 418 g/mol. The van der Waals surface area contributed by atoms with Crippen molar-refractivity contribution in [3.8, 4) is 17.0 Å². The molecule has 0 radical (unpaired) electrons. The molecule has 0 aliphatic carbocycles. The van der Waals surface area contributed by atoms with Gasteiger partial charge < -0.3 is 4.74 Å². The molecule has 0 saturated carbocycles. The van der Waals surface area contributed by atoms with E-state index in [9.17, 15) is 8.78 Å². The Morgan fingerprint density at radius 2 is 1.67 bits per heavy atom. The lowest BCUT2D eigenvalue weighted by Gasteiger charge is -2.10. The minimum atomic E-state index is -0.748. The van der Waals surface area contributed by atoms with Crippen molar-refractivity contribution < 1.29 is 13.5 Å². The van der Waals surface area contributed by atoms with Gasteiger partial charge in [-0.15, -0.1) is 0 Å². The maximum Gasteiger partial charge on any atom is 0.165 e. The highest BCUT2D eigenvalue weighted by molar-refractivity contribution is 5.60. The fraction of sp³-hybridized carbons (Fsp3) is 0.577. The number of pyridine rings is 1. The number of benzene rings is 1. The summed E-state index contributed by atoms with van der Waals surface area (Å²) < 4.78 is 33.8. The fourth-order valence-corrected chi connectivity index (χ4v) is 3.48. The third-order valence-electron chi connectivity index (χ3n) is 5.42. The largest absolute Gasteiger partial charge is 0.491 e. The SMILES string of the molecule is CCCCCCCCOc1ccc(-c2ccc(CCC(F)CCCC)cn2)cc1F. The lowest BCUT2D eigenvalue weighted by atomic mass is 10.0. The number of alkyl halides is 1. The van der Waals surface area contributed by atoms with Crippen LogP contribution in [-0.2, 0) is 6.42 Å². The standard InChI is InChI=1S/C26H37F2NO/c1-3-5-7-8-9-10-18-30-26-17-14-22(19-24(26)28)25-16-13-21(20-29-25)12-15-23(27)11-6-4-2/h13-14,16-17,19-20,23H,3-12,15,18H2,1-2H3. The summed E-state index contributed by atoms with van der Waals surface area (Å²) in [5.41, 5.74) is 2.44. The number of ether oxygens (including phenoxy) is 1. The highest BCUT2D eigenvalue weighted by Gasteiger charge is 2.09. The molecule has 0 bridgehead atoms. The summed E-state index contributed by atoms with van der Waals surface area (Å²) in [5.74, 6) is -0.0643. The molecule has 1 aromatic heterocycles. The van der Waals surface area contributed by atoms with Gasteiger partial charge in [0, 0.05) is 11.8 Å². The Labute approximate surface area is 181 Å². The van der Waals surface area contributed by atoms with Crippen molar-refractivity contribution in [2.24, 2.45) is 0 Å². The molecule has 1 atom stereocenters. The molecule has 0 amide bonds. The van der Waals surface area contributed by atoms with Crippen LogP contribution in [0.3, 0.4) is 0 Å². The Kier molecular flexibility index (Phi) is 11.4. The van der Waals surface area contributed by atoms with Crippen molar-refractivity contribution in [2.75, 3.05) is 6.61 Å². The van der Waals surface area contributed by atoms with Crippen molar-refractivity contribution in [3.63, 3.8) is 0 Å². The molecule has 1 heterocycles. The van der Waals surface area contributed by atoms with E-state index in [4.69, 9.17) is 4.74 Å². The van der Waals surface area contributed by atoms with E-state index in [2.05, 4.69) is 18.8 Å². The monoisotopic (exact) mass is 417 g/mol. The Hall–Kier alpha value is -1.97. The van der Waals surface area contributed by atoms with E-state index in [0.29, 0.717) is 37.3 Å². The predicted octanol–water partition coefficient (Wildman–Crippen LogP) is 8.09. The van der Waals surface area contributed by atoms with E-state index in [0.717, 1.165) is 36.8 Å². The zero-order chi connectivity index (χ0) is 21.6. The highest BCUT2D eigenvalue weighted by atomic mass is 19.1. The van der Waals surface area contributed by atoms with Gasteiger partial charge in [-0.1, -0.05) is 64.9 Å². The summed E-state index contributed by atoms with van der Waals surface area (Å²) in [6.45, 7) is 4.82. The number of aryl methyl sites for hydroxylation is 1. The van der Waals surface area contributed by atoms with Crippen molar-refractivity contribution in [1.29, 1.82) is 0 Å².